The predicted molar refractivity (Wildman–Crippen MR) is 88.2 cm³/mol. The lowest BCUT2D eigenvalue weighted by Crippen LogP contribution is -2.12. The highest BCUT2D eigenvalue weighted by atomic mass is 16.6. The summed E-state index contributed by atoms with van der Waals surface area (Å²) in [7, 11) is 0. The van der Waals surface area contributed by atoms with Crippen LogP contribution in [0.3, 0.4) is 0 Å². The number of nitrogens with one attached hydrogen (secondary N) is 1. The van der Waals surface area contributed by atoms with E-state index in [1.165, 1.54) is 18.2 Å². The van der Waals surface area contributed by atoms with E-state index in [0.717, 1.165) is 5.56 Å². The summed E-state index contributed by atoms with van der Waals surface area (Å²) < 4.78 is 0. The number of aryl methyl sites for hydroxylation is 2. The predicted octanol–water partition coefficient (Wildman–Crippen LogP) is 3.17. The molecule has 0 aliphatic rings. The third-order valence-corrected chi connectivity index (χ3v) is 3.51. The number of carboxylic acid groups (broad SMARTS) is 1. The van der Waals surface area contributed by atoms with Gasteiger partial charge in [0.25, 0.3) is 11.6 Å². The fraction of sp³-hybridized carbons (Fsp3) is 0.176. The van der Waals surface area contributed by atoms with Crippen molar-refractivity contribution in [1.82, 2.24) is 0 Å². The van der Waals surface area contributed by atoms with Crippen molar-refractivity contribution in [3.63, 3.8) is 0 Å². The Morgan fingerprint density at radius 2 is 1.83 bits per heavy atom. The monoisotopic (exact) mass is 328 g/mol. The molecule has 0 atom stereocenters. The number of nitrogens with zero attached hydrogens (tertiary/aromatic N) is 1. The van der Waals surface area contributed by atoms with Crippen molar-refractivity contribution in [3.8, 4) is 0 Å². The number of rotatable bonds is 6. The van der Waals surface area contributed by atoms with E-state index in [-0.39, 0.29) is 17.7 Å². The number of carbonyl (C=O) groups excluding carboxylic acids is 1. The van der Waals surface area contributed by atoms with Crippen LogP contribution in [0.25, 0.3) is 0 Å². The third-order valence-electron chi connectivity index (χ3n) is 3.51. The first-order valence-corrected chi connectivity index (χ1v) is 7.24. The topological polar surface area (TPSA) is 110 Å². The fourth-order valence-corrected chi connectivity index (χ4v) is 2.16. The molecule has 7 nitrogen and oxygen atoms in total. The zero-order valence-electron chi connectivity index (χ0n) is 13.0. The zero-order valence-corrected chi connectivity index (χ0v) is 13.0. The van der Waals surface area contributed by atoms with Gasteiger partial charge in [-0.15, -0.1) is 0 Å². The molecule has 0 spiro atoms. The lowest BCUT2D eigenvalue weighted by Gasteiger charge is -2.07. The van der Waals surface area contributed by atoms with Gasteiger partial charge < -0.3 is 10.4 Å². The van der Waals surface area contributed by atoms with Crippen molar-refractivity contribution in [1.29, 1.82) is 0 Å². The van der Waals surface area contributed by atoms with Crippen LogP contribution in [-0.2, 0) is 11.2 Å². The highest BCUT2D eigenvalue weighted by Crippen LogP contribution is 2.20. The summed E-state index contributed by atoms with van der Waals surface area (Å²) in [6.45, 7) is 1.61. The maximum absolute atomic E-state index is 12.2. The summed E-state index contributed by atoms with van der Waals surface area (Å²) >= 11 is 0. The number of aliphatic carboxylic acids is 1. The molecular weight excluding hydrogens is 312 g/mol. The van der Waals surface area contributed by atoms with Gasteiger partial charge in [-0.25, -0.2) is 0 Å². The van der Waals surface area contributed by atoms with Crippen molar-refractivity contribution >= 4 is 23.3 Å². The van der Waals surface area contributed by atoms with Crippen LogP contribution in [0.1, 0.15) is 27.9 Å². The van der Waals surface area contributed by atoms with Crippen molar-refractivity contribution in [2.24, 2.45) is 0 Å². The van der Waals surface area contributed by atoms with E-state index in [1.807, 2.05) is 0 Å². The van der Waals surface area contributed by atoms with Crippen LogP contribution in [0.15, 0.2) is 42.5 Å². The number of hydrogen-bond acceptors (Lipinski definition) is 4. The van der Waals surface area contributed by atoms with Crippen molar-refractivity contribution < 1.29 is 19.6 Å². The van der Waals surface area contributed by atoms with Gasteiger partial charge in [-0.1, -0.05) is 18.2 Å². The molecular formula is C17H16N2O5. The molecule has 0 saturated carbocycles. The molecule has 7 heteroatoms. The van der Waals surface area contributed by atoms with E-state index in [2.05, 4.69) is 5.32 Å². The van der Waals surface area contributed by atoms with E-state index in [4.69, 9.17) is 5.11 Å². The normalized spacial score (nSPS) is 10.2. The minimum atomic E-state index is -0.867. The molecule has 0 fully saturated rings. The van der Waals surface area contributed by atoms with Gasteiger partial charge >= 0.3 is 5.97 Å². The van der Waals surface area contributed by atoms with E-state index in [1.54, 1.807) is 31.2 Å². The fourth-order valence-electron chi connectivity index (χ4n) is 2.16. The Kier molecular flexibility index (Phi) is 5.26. The standard InChI is InChI=1S/C17H16N2O5/c1-11-2-6-13(10-15(11)19(23)24)17(22)18-14-7-3-12(4-8-14)5-9-16(20)21/h2-4,6-8,10H,5,9H2,1H3,(H,18,22)(H,20,21). The second kappa shape index (κ2) is 7.36. The number of carbonyl (C=O) groups is 2. The molecule has 2 aromatic carbocycles. The minimum Gasteiger partial charge on any atom is -0.481 e. The van der Waals surface area contributed by atoms with Crippen LogP contribution in [0.5, 0.6) is 0 Å². The molecule has 0 aromatic heterocycles. The molecule has 0 aliphatic heterocycles. The molecule has 124 valence electrons. The molecule has 0 aliphatic carbocycles. The second-order valence-electron chi connectivity index (χ2n) is 5.30. The molecule has 2 rings (SSSR count). The third kappa shape index (κ3) is 4.39. The average molecular weight is 328 g/mol. The Hall–Kier alpha value is -3.22. The Labute approximate surface area is 138 Å². The van der Waals surface area contributed by atoms with Gasteiger partial charge in [0.15, 0.2) is 0 Å². The van der Waals surface area contributed by atoms with Crippen LogP contribution < -0.4 is 5.32 Å². The smallest absolute Gasteiger partial charge is 0.303 e. The van der Waals surface area contributed by atoms with Gasteiger partial charge in [-0.05, 0) is 37.1 Å². The Balaban J connectivity index is 2.08. The maximum atomic E-state index is 12.2. The second-order valence-corrected chi connectivity index (χ2v) is 5.30. The first-order chi connectivity index (χ1) is 11.4. The SMILES string of the molecule is Cc1ccc(C(=O)Nc2ccc(CCC(=O)O)cc2)cc1[N+](=O)[O-]. The molecule has 2 N–H and O–H groups in total. The number of benzene rings is 2. The van der Waals surface area contributed by atoms with Crippen LogP contribution in [0, 0.1) is 17.0 Å². The lowest BCUT2D eigenvalue weighted by atomic mass is 10.1. The quantitative estimate of drug-likeness (QED) is 0.625. The number of carboxylic acids is 1. The Morgan fingerprint density at radius 3 is 2.42 bits per heavy atom. The summed E-state index contributed by atoms with van der Waals surface area (Å²) in [6, 6.07) is 11.1. The van der Waals surface area contributed by atoms with Crippen molar-refractivity contribution in [2.75, 3.05) is 5.32 Å². The van der Waals surface area contributed by atoms with Gasteiger partial charge in [-0.2, -0.15) is 0 Å². The van der Waals surface area contributed by atoms with Crippen molar-refractivity contribution in [2.45, 2.75) is 19.8 Å². The van der Waals surface area contributed by atoms with Gasteiger partial charge in [0, 0.05) is 29.3 Å². The highest BCUT2D eigenvalue weighted by Gasteiger charge is 2.15. The van der Waals surface area contributed by atoms with Gasteiger partial charge in [0.05, 0.1) is 4.92 Å². The first kappa shape index (κ1) is 17.1. The highest BCUT2D eigenvalue weighted by molar-refractivity contribution is 6.04. The molecule has 2 aromatic rings. The van der Waals surface area contributed by atoms with Crippen LogP contribution >= 0.6 is 0 Å². The van der Waals surface area contributed by atoms with E-state index in [0.29, 0.717) is 17.7 Å². The zero-order chi connectivity index (χ0) is 17.7. The van der Waals surface area contributed by atoms with E-state index < -0.39 is 16.8 Å². The summed E-state index contributed by atoms with van der Waals surface area (Å²) in [5.74, 6) is -1.32. The van der Waals surface area contributed by atoms with E-state index in [9.17, 15) is 19.7 Å². The minimum absolute atomic E-state index is 0.0404. The van der Waals surface area contributed by atoms with E-state index >= 15 is 0 Å². The first-order valence-electron chi connectivity index (χ1n) is 7.24. The van der Waals surface area contributed by atoms with Crippen LogP contribution in [-0.4, -0.2) is 21.9 Å². The van der Waals surface area contributed by atoms with Crippen molar-refractivity contribution in [3.05, 3.63) is 69.3 Å². The molecule has 1 amide bonds. The molecule has 0 heterocycles. The average Bonchev–Trinajstić information content (AvgIpc) is 2.54. The van der Waals surface area contributed by atoms with Crippen LogP contribution in [0.4, 0.5) is 11.4 Å². The van der Waals surface area contributed by atoms with Crippen LogP contribution in [0.2, 0.25) is 0 Å². The summed E-state index contributed by atoms with van der Waals surface area (Å²) in [6.07, 6.45) is 0.451. The largest absolute Gasteiger partial charge is 0.481 e. The molecule has 24 heavy (non-hydrogen) atoms. The number of nitro benzene ring substituents is 1. The number of nitro groups is 1. The summed E-state index contributed by atoms with van der Waals surface area (Å²) in [5, 5.41) is 22.2. The molecule has 0 radical (unpaired) electrons. The number of amides is 1. The molecule has 0 saturated heterocycles. The van der Waals surface area contributed by atoms with Gasteiger partial charge in [0.1, 0.15) is 0 Å². The van der Waals surface area contributed by atoms with Gasteiger partial charge in [-0.3, -0.25) is 19.7 Å². The number of anilines is 1. The Morgan fingerprint density at radius 1 is 1.17 bits per heavy atom. The number of hydrogen-bond donors (Lipinski definition) is 2. The maximum Gasteiger partial charge on any atom is 0.303 e. The Bertz CT molecular complexity index is 784. The van der Waals surface area contributed by atoms with Gasteiger partial charge in [0.2, 0.25) is 0 Å². The summed E-state index contributed by atoms with van der Waals surface area (Å²) in [4.78, 5) is 33.1. The summed E-state index contributed by atoms with van der Waals surface area (Å²) in [5.41, 5.74) is 1.96. The molecule has 0 unspecified atom stereocenters. The molecule has 0 bridgehead atoms. The lowest BCUT2D eigenvalue weighted by molar-refractivity contribution is -0.385.